The van der Waals surface area contributed by atoms with Gasteiger partial charge in [0.1, 0.15) is 11.2 Å². The highest BCUT2D eigenvalue weighted by Crippen LogP contribution is 2.45. The highest BCUT2D eigenvalue weighted by atomic mass is 16.3. The van der Waals surface area contributed by atoms with Crippen LogP contribution in [0, 0.1) is 0 Å². The molecule has 0 atom stereocenters. The van der Waals surface area contributed by atoms with E-state index in [0.29, 0.717) is 0 Å². The second-order valence-electron chi connectivity index (χ2n) is 14.9. The van der Waals surface area contributed by atoms with Gasteiger partial charge in [-0.2, -0.15) is 0 Å². The van der Waals surface area contributed by atoms with Gasteiger partial charge in [0.2, 0.25) is 0 Å². The predicted octanol–water partition coefficient (Wildman–Crippen LogP) is 14.8. The zero-order valence-electron chi connectivity index (χ0n) is 30.8. The molecule has 264 valence electrons. The summed E-state index contributed by atoms with van der Waals surface area (Å²) in [5.74, 6) is 0. The van der Waals surface area contributed by atoms with Crippen molar-refractivity contribution in [3.05, 3.63) is 194 Å². The van der Waals surface area contributed by atoms with Crippen LogP contribution in [0.15, 0.2) is 199 Å². The highest BCUT2D eigenvalue weighted by Gasteiger charge is 2.19. The summed E-state index contributed by atoms with van der Waals surface area (Å²) in [6.07, 6.45) is 0. The molecule has 0 unspecified atom stereocenters. The molecule has 3 nitrogen and oxygen atoms in total. The number of pyridine rings is 2. The summed E-state index contributed by atoms with van der Waals surface area (Å²) >= 11 is 0. The molecule has 3 heterocycles. The number of aromatic nitrogens is 2. The van der Waals surface area contributed by atoms with Gasteiger partial charge in [0.25, 0.3) is 0 Å². The lowest BCUT2D eigenvalue weighted by molar-refractivity contribution is 0.670. The van der Waals surface area contributed by atoms with Crippen molar-refractivity contribution in [2.75, 3.05) is 0 Å². The Morgan fingerprint density at radius 3 is 1.60 bits per heavy atom. The Kier molecular flexibility index (Phi) is 6.93. The van der Waals surface area contributed by atoms with Gasteiger partial charge in [-0.15, -0.1) is 0 Å². The van der Waals surface area contributed by atoms with Gasteiger partial charge in [-0.05, 0) is 85.4 Å². The van der Waals surface area contributed by atoms with E-state index < -0.39 is 0 Å². The fourth-order valence-corrected chi connectivity index (χ4v) is 8.81. The quantitative estimate of drug-likeness (QED) is 0.170. The summed E-state index contributed by atoms with van der Waals surface area (Å²) in [5.41, 5.74) is 12.2. The van der Waals surface area contributed by atoms with Crippen molar-refractivity contribution in [1.82, 2.24) is 9.97 Å². The molecule has 0 radical (unpaired) electrons. The molecule has 12 aromatic rings. The first kappa shape index (κ1) is 31.7. The van der Waals surface area contributed by atoms with Gasteiger partial charge >= 0.3 is 0 Å². The van der Waals surface area contributed by atoms with Gasteiger partial charge < -0.3 is 4.42 Å². The molecule has 3 heteroatoms. The minimum Gasteiger partial charge on any atom is -0.455 e. The van der Waals surface area contributed by atoms with Crippen molar-refractivity contribution in [2.24, 2.45) is 0 Å². The van der Waals surface area contributed by atoms with Crippen molar-refractivity contribution in [3.63, 3.8) is 0 Å². The summed E-state index contributed by atoms with van der Waals surface area (Å²) in [5, 5.41) is 11.7. The van der Waals surface area contributed by atoms with E-state index in [1.54, 1.807) is 0 Å². The normalized spacial score (nSPS) is 11.9. The van der Waals surface area contributed by atoms with E-state index in [1.165, 1.54) is 37.9 Å². The van der Waals surface area contributed by atoms with E-state index in [-0.39, 0.29) is 0 Å². The van der Waals surface area contributed by atoms with Gasteiger partial charge in [-0.25, -0.2) is 9.97 Å². The molecule has 12 rings (SSSR count). The summed E-state index contributed by atoms with van der Waals surface area (Å²) in [6.45, 7) is 0. The highest BCUT2D eigenvalue weighted by molar-refractivity contribution is 6.25. The molecule has 9 aromatic carbocycles. The van der Waals surface area contributed by atoms with Crippen LogP contribution in [0.1, 0.15) is 0 Å². The van der Waals surface area contributed by atoms with E-state index in [2.05, 4.69) is 176 Å². The van der Waals surface area contributed by atoms with Crippen molar-refractivity contribution < 1.29 is 4.42 Å². The molecule has 0 N–H and O–H groups in total. The Morgan fingerprint density at radius 1 is 0.316 bits per heavy atom. The number of rotatable bonds is 4. The van der Waals surface area contributed by atoms with Crippen LogP contribution < -0.4 is 0 Å². The first-order valence-corrected chi connectivity index (χ1v) is 19.4. The maximum absolute atomic E-state index is 6.79. The Morgan fingerprint density at radius 2 is 0.842 bits per heavy atom. The smallest absolute Gasteiger partial charge is 0.143 e. The minimum atomic E-state index is 0.892. The number of furan rings is 1. The molecule has 0 spiro atoms. The fraction of sp³-hybridized carbons (Fsp3) is 0. The van der Waals surface area contributed by atoms with Gasteiger partial charge in [0.05, 0.1) is 22.4 Å². The van der Waals surface area contributed by atoms with E-state index in [9.17, 15) is 0 Å². The van der Waals surface area contributed by atoms with Gasteiger partial charge in [0.15, 0.2) is 0 Å². The van der Waals surface area contributed by atoms with Crippen LogP contribution in [0.5, 0.6) is 0 Å². The first-order chi connectivity index (χ1) is 28.2. The molecular formula is C54H32N2O. The maximum Gasteiger partial charge on any atom is 0.143 e. The average molecular weight is 725 g/mol. The van der Waals surface area contributed by atoms with Crippen LogP contribution in [0.4, 0.5) is 0 Å². The second kappa shape index (κ2) is 12.5. The fourth-order valence-electron chi connectivity index (χ4n) is 8.81. The summed E-state index contributed by atoms with van der Waals surface area (Å²) < 4.78 is 6.79. The number of hydrogen-bond donors (Lipinski definition) is 0. The number of fused-ring (bicyclic) bond motifs is 11. The Labute approximate surface area is 328 Å². The largest absolute Gasteiger partial charge is 0.455 e. The van der Waals surface area contributed by atoms with Gasteiger partial charge in [-0.1, -0.05) is 158 Å². The molecule has 57 heavy (non-hydrogen) atoms. The van der Waals surface area contributed by atoms with Crippen LogP contribution in [0.2, 0.25) is 0 Å². The molecule has 0 aliphatic heterocycles. The molecule has 0 bridgehead atoms. The minimum absolute atomic E-state index is 0.892. The first-order valence-electron chi connectivity index (χ1n) is 19.4. The third-order valence-corrected chi connectivity index (χ3v) is 11.6. The molecule has 0 amide bonds. The lowest BCUT2D eigenvalue weighted by atomic mass is 9.90. The van der Waals surface area contributed by atoms with Crippen LogP contribution in [-0.4, -0.2) is 9.97 Å². The van der Waals surface area contributed by atoms with Crippen LogP contribution in [-0.2, 0) is 0 Å². The monoisotopic (exact) mass is 724 g/mol. The molecular weight excluding hydrogens is 693 g/mol. The SMILES string of the molecule is c1ccc(-c2ccc3ccc4ccc(-c5ccc(-c6ccc7cc(-c8cc9ccccc9c9ccccc89)c8oc9ccccc9c8c7c6)cc5)nc4c3n2)cc1. The van der Waals surface area contributed by atoms with E-state index >= 15 is 0 Å². The number of benzene rings is 9. The van der Waals surface area contributed by atoms with Crippen LogP contribution >= 0.6 is 0 Å². The summed E-state index contributed by atoms with van der Waals surface area (Å²) in [7, 11) is 0. The maximum atomic E-state index is 6.79. The molecule has 0 saturated carbocycles. The molecule has 0 fully saturated rings. The lowest BCUT2D eigenvalue weighted by Gasteiger charge is -2.13. The Bertz CT molecular complexity index is 3570. The average Bonchev–Trinajstić information content (AvgIpc) is 3.68. The Balaban J connectivity index is 0.979. The molecule has 0 aliphatic carbocycles. The van der Waals surface area contributed by atoms with Crippen molar-refractivity contribution in [1.29, 1.82) is 0 Å². The van der Waals surface area contributed by atoms with Crippen LogP contribution in [0.25, 0.3) is 121 Å². The van der Waals surface area contributed by atoms with E-state index in [0.717, 1.165) is 82.9 Å². The van der Waals surface area contributed by atoms with Crippen molar-refractivity contribution >= 4 is 76.1 Å². The molecule has 3 aromatic heterocycles. The topological polar surface area (TPSA) is 38.9 Å². The third-order valence-electron chi connectivity index (χ3n) is 11.6. The van der Waals surface area contributed by atoms with Crippen molar-refractivity contribution in [3.8, 4) is 44.8 Å². The van der Waals surface area contributed by atoms with Gasteiger partial charge in [0, 0.05) is 38.2 Å². The van der Waals surface area contributed by atoms with Crippen molar-refractivity contribution in [2.45, 2.75) is 0 Å². The standard InChI is InChI=1S/C54H32N2O/c1-2-10-34(11-3-1)48-28-26-36-22-23-37-27-29-49(56-53(37)52(36)55-48)35-20-18-33(19-21-35)38-24-25-40-32-47(54-51(45(40)30-38)44-16-8-9-17-50(44)57-54)46-31-39-12-4-5-13-41(39)42-14-6-7-15-43(42)46/h1-32H. The van der Waals surface area contributed by atoms with E-state index in [4.69, 9.17) is 14.4 Å². The zero-order chi connectivity index (χ0) is 37.5. The lowest BCUT2D eigenvalue weighted by Crippen LogP contribution is -1.91. The summed E-state index contributed by atoms with van der Waals surface area (Å²) in [4.78, 5) is 10.3. The van der Waals surface area contributed by atoms with Gasteiger partial charge in [-0.3, -0.25) is 0 Å². The number of hydrogen-bond acceptors (Lipinski definition) is 3. The third kappa shape index (κ3) is 5.06. The summed E-state index contributed by atoms with van der Waals surface area (Å²) in [6, 6.07) is 69.1. The predicted molar refractivity (Wildman–Crippen MR) is 239 cm³/mol. The number of para-hydroxylation sites is 1. The second-order valence-corrected chi connectivity index (χ2v) is 14.9. The molecule has 0 aliphatic rings. The molecule has 0 saturated heterocycles. The number of nitrogens with zero attached hydrogens (tertiary/aromatic N) is 2. The Hall–Kier alpha value is -7.62. The zero-order valence-corrected chi connectivity index (χ0v) is 30.8. The van der Waals surface area contributed by atoms with Crippen LogP contribution in [0.3, 0.4) is 0 Å². The van der Waals surface area contributed by atoms with E-state index in [1.807, 2.05) is 18.2 Å².